The lowest BCUT2D eigenvalue weighted by atomic mass is 10.0. The summed E-state index contributed by atoms with van der Waals surface area (Å²) in [7, 11) is 0. The number of nitro benzene ring substituents is 1. The average Bonchev–Trinajstić information content (AvgIpc) is 2.69. The van der Waals surface area contributed by atoms with Gasteiger partial charge < -0.3 is 10.2 Å². The smallest absolute Gasteiger partial charge is 0.270 e. The number of thioether (sulfide) groups is 1. The molecule has 1 N–H and O–H groups in total. The predicted molar refractivity (Wildman–Crippen MR) is 109 cm³/mol. The van der Waals surface area contributed by atoms with Crippen LogP contribution in [0.3, 0.4) is 0 Å². The molecular formula is C20H23N3O3S. The summed E-state index contributed by atoms with van der Waals surface area (Å²) in [5.41, 5.74) is 2.11. The summed E-state index contributed by atoms with van der Waals surface area (Å²) >= 11 is 1.79. The van der Waals surface area contributed by atoms with Crippen molar-refractivity contribution in [2.45, 2.75) is 31.2 Å². The summed E-state index contributed by atoms with van der Waals surface area (Å²) in [6, 6.07) is 12.5. The van der Waals surface area contributed by atoms with E-state index in [0.29, 0.717) is 5.56 Å². The largest absolute Gasteiger partial charge is 0.371 e. The highest BCUT2D eigenvalue weighted by molar-refractivity contribution is 7.99. The summed E-state index contributed by atoms with van der Waals surface area (Å²) in [5.74, 6) is 0.659. The van der Waals surface area contributed by atoms with Gasteiger partial charge in [-0.1, -0.05) is 18.2 Å². The number of hydrogen-bond acceptors (Lipinski definition) is 5. The van der Waals surface area contributed by atoms with Crippen LogP contribution < -0.4 is 10.2 Å². The Bertz CT molecular complexity index is 852. The fourth-order valence-electron chi connectivity index (χ4n) is 3.39. The molecular weight excluding hydrogens is 362 g/mol. The Morgan fingerprint density at radius 3 is 2.70 bits per heavy atom. The second-order valence-corrected chi connectivity index (χ2v) is 7.47. The van der Waals surface area contributed by atoms with Crippen molar-refractivity contribution in [1.82, 2.24) is 5.32 Å². The standard InChI is InChI=1S/C20H23N3O3S/c1-3-22(4-2)18-10-9-14(23(25)26)13-16(18)20(24)21-17-11-12-27-19-8-6-5-7-15(17)19/h5-10,13,17H,3-4,11-12H2,1-2H3,(H,21,24)/t17-/m1/s1. The molecule has 0 fully saturated rings. The number of nitro groups is 1. The maximum absolute atomic E-state index is 13.1. The van der Waals surface area contributed by atoms with Gasteiger partial charge in [-0.2, -0.15) is 0 Å². The quantitative estimate of drug-likeness (QED) is 0.589. The molecule has 0 spiro atoms. The van der Waals surface area contributed by atoms with Crippen LogP contribution in [0.1, 0.15) is 42.2 Å². The van der Waals surface area contributed by atoms with E-state index in [1.165, 1.54) is 17.0 Å². The van der Waals surface area contributed by atoms with Gasteiger partial charge in [-0.05, 0) is 38.0 Å². The molecule has 27 heavy (non-hydrogen) atoms. The number of amides is 1. The zero-order valence-corrected chi connectivity index (χ0v) is 16.3. The molecule has 2 aromatic rings. The van der Waals surface area contributed by atoms with Crippen LogP contribution in [0.4, 0.5) is 11.4 Å². The number of anilines is 1. The summed E-state index contributed by atoms with van der Waals surface area (Å²) in [4.78, 5) is 27.0. The molecule has 1 heterocycles. The Labute approximate surface area is 163 Å². The van der Waals surface area contributed by atoms with E-state index >= 15 is 0 Å². The fourth-order valence-corrected chi connectivity index (χ4v) is 4.51. The van der Waals surface area contributed by atoms with Gasteiger partial charge >= 0.3 is 0 Å². The van der Waals surface area contributed by atoms with Crippen molar-refractivity contribution >= 4 is 29.0 Å². The average molecular weight is 385 g/mol. The van der Waals surface area contributed by atoms with Gasteiger partial charge in [-0.15, -0.1) is 11.8 Å². The third kappa shape index (κ3) is 4.08. The molecule has 142 valence electrons. The summed E-state index contributed by atoms with van der Waals surface area (Å²) in [6.07, 6.45) is 0.836. The Kier molecular flexibility index (Phi) is 6.01. The number of carbonyl (C=O) groups is 1. The Hall–Kier alpha value is -2.54. The molecule has 1 aliphatic heterocycles. The van der Waals surface area contributed by atoms with Crippen molar-refractivity contribution in [3.05, 3.63) is 63.7 Å². The number of hydrogen-bond donors (Lipinski definition) is 1. The van der Waals surface area contributed by atoms with Crippen molar-refractivity contribution in [1.29, 1.82) is 0 Å². The topological polar surface area (TPSA) is 75.5 Å². The van der Waals surface area contributed by atoms with Gasteiger partial charge in [-0.3, -0.25) is 14.9 Å². The number of fused-ring (bicyclic) bond motifs is 1. The van der Waals surface area contributed by atoms with Crippen LogP contribution in [0.5, 0.6) is 0 Å². The molecule has 0 unspecified atom stereocenters. The number of nitrogens with one attached hydrogen (secondary N) is 1. The van der Waals surface area contributed by atoms with Gasteiger partial charge in [0.2, 0.25) is 0 Å². The summed E-state index contributed by atoms with van der Waals surface area (Å²) in [6.45, 7) is 5.44. The number of carbonyl (C=O) groups excluding carboxylic acids is 1. The molecule has 7 heteroatoms. The van der Waals surface area contributed by atoms with Crippen molar-refractivity contribution in [2.24, 2.45) is 0 Å². The Morgan fingerprint density at radius 1 is 1.26 bits per heavy atom. The third-order valence-electron chi connectivity index (χ3n) is 4.80. The van der Waals surface area contributed by atoms with Crippen molar-refractivity contribution < 1.29 is 9.72 Å². The number of rotatable bonds is 6. The highest BCUT2D eigenvalue weighted by Crippen LogP contribution is 2.36. The van der Waals surface area contributed by atoms with Gasteiger partial charge in [0.25, 0.3) is 11.6 Å². The second kappa shape index (κ2) is 8.43. The van der Waals surface area contributed by atoms with Crippen LogP contribution in [-0.2, 0) is 0 Å². The Morgan fingerprint density at radius 2 is 2.00 bits per heavy atom. The zero-order chi connectivity index (χ0) is 19.4. The van der Waals surface area contributed by atoms with Gasteiger partial charge in [0.15, 0.2) is 0 Å². The van der Waals surface area contributed by atoms with Crippen LogP contribution in [0.25, 0.3) is 0 Å². The molecule has 0 aromatic heterocycles. The minimum absolute atomic E-state index is 0.0735. The molecule has 3 rings (SSSR count). The van der Waals surface area contributed by atoms with Gasteiger partial charge in [0.1, 0.15) is 0 Å². The lowest BCUT2D eigenvalue weighted by Crippen LogP contribution is -2.33. The lowest BCUT2D eigenvalue weighted by molar-refractivity contribution is -0.384. The van der Waals surface area contributed by atoms with E-state index in [9.17, 15) is 14.9 Å². The van der Waals surface area contributed by atoms with Crippen molar-refractivity contribution in [2.75, 3.05) is 23.7 Å². The molecule has 0 bridgehead atoms. The Balaban J connectivity index is 1.94. The molecule has 0 aliphatic carbocycles. The van der Waals surface area contributed by atoms with Gasteiger partial charge in [-0.25, -0.2) is 0 Å². The first-order valence-corrected chi connectivity index (χ1v) is 10.1. The maximum Gasteiger partial charge on any atom is 0.270 e. The van der Waals surface area contributed by atoms with E-state index in [2.05, 4.69) is 11.4 Å². The van der Waals surface area contributed by atoms with Gasteiger partial charge in [0, 0.05) is 41.6 Å². The zero-order valence-electron chi connectivity index (χ0n) is 15.5. The molecule has 6 nitrogen and oxygen atoms in total. The lowest BCUT2D eigenvalue weighted by Gasteiger charge is -2.27. The summed E-state index contributed by atoms with van der Waals surface area (Å²) < 4.78 is 0. The van der Waals surface area contributed by atoms with E-state index in [0.717, 1.165) is 36.5 Å². The number of non-ortho nitro benzene ring substituents is 1. The van der Waals surface area contributed by atoms with Gasteiger partial charge in [0.05, 0.1) is 16.5 Å². The molecule has 0 saturated heterocycles. The number of benzene rings is 2. The van der Waals surface area contributed by atoms with Crippen LogP contribution in [0.2, 0.25) is 0 Å². The monoisotopic (exact) mass is 385 g/mol. The molecule has 2 aromatic carbocycles. The molecule has 1 aliphatic rings. The molecule has 1 amide bonds. The third-order valence-corrected chi connectivity index (χ3v) is 5.93. The van der Waals surface area contributed by atoms with E-state index in [4.69, 9.17) is 0 Å². The van der Waals surface area contributed by atoms with Crippen molar-refractivity contribution in [3.8, 4) is 0 Å². The predicted octanol–water partition coefficient (Wildman–Crippen LogP) is 4.41. The maximum atomic E-state index is 13.1. The first-order chi connectivity index (χ1) is 13.0. The minimum atomic E-state index is -0.463. The molecule has 1 atom stereocenters. The highest BCUT2D eigenvalue weighted by atomic mass is 32.2. The first kappa shape index (κ1) is 19.2. The second-order valence-electron chi connectivity index (χ2n) is 6.33. The van der Waals surface area contributed by atoms with Crippen LogP contribution in [0, 0.1) is 10.1 Å². The van der Waals surface area contributed by atoms with Crippen LogP contribution in [-0.4, -0.2) is 29.7 Å². The number of nitrogens with zero attached hydrogens (tertiary/aromatic N) is 2. The fraction of sp³-hybridized carbons (Fsp3) is 0.350. The molecule has 0 saturated carbocycles. The normalized spacial score (nSPS) is 15.7. The van der Waals surface area contributed by atoms with E-state index in [1.807, 2.05) is 36.9 Å². The van der Waals surface area contributed by atoms with Crippen LogP contribution in [0.15, 0.2) is 47.4 Å². The minimum Gasteiger partial charge on any atom is -0.371 e. The van der Waals surface area contributed by atoms with E-state index in [-0.39, 0.29) is 17.6 Å². The molecule has 0 radical (unpaired) electrons. The van der Waals surface area contributed by atoms with E-state index in [1.54, 1.807) is 17.8 Å². The summed E-state index contributed by atoms with van der Waals surface area (Å²) in [5, 5.41) is 14.3. The van der Waals surface area contributed by atoms with E-state index < -0.39 is 4.92 Å². The SMILES string of the molecule is CCN(CC)c1ccc([N+](=O)[O-])cc1C(=O)N[C@@H]1CCSc2ccccc21. The highest BCUT2D eigenvalue weighted by Gasteiger charge is 2.25. The van der Waals surface area contributed by atoms with Crippen LogP contribution >= 0.6 is 11.8 Å². The first-order valence-electron chi connectivity index (χ1n) is 9.11. The van der Waals surface area contributed by atoms with Crippen molar-refractivity contribution in [3.63, 3.8) is 0 Å².